The van der Waals surface area contributed by atoms with Crippen LogP contribution in [0.25, 0.3) is 0 Å². The molecule has 0 unspecified atom stereocenters. The summed E-state index contributed by atoms with van der Waals surface area (Å²) in [5, 5.41) is 3.10. The molecule has 2 aromatic rings. The van der Waals surface area contributed by atoms with Crippen LogP contribution in [0.1, 0.15) is 30.4 Å². The minimum atomic E-state index is 0. The Kier molecular flexibility index (Phi) is 7.78. The Hall–Kier alpha value is -2.49. The number of hydrogen-bond donors (Lipinski definition) is 2. The Labute approximate surface area is 193 Å². The first-order chi connectivity index (χ1) is 14.2. The smallest absolute Gasteiger partial charge is 0.222 e. The number of anilines is 1. The number of carbonyl (C=O) groups excluding carboxylic acids is 1. The normalized spacial score (nSPS) is 16.1. The van der Waals surface area contributed by atoms with Crippen LogP contribution in [0.3, 0.4) is 0 Å². The van der Waals surface area contributed by atoms with Crippen molar-refractivity contribution >= 4 is 41.5 Å². The van der Waals surface area contributed by atoms with Gasteiger partial charge in [-0.05, 0) is 29.7 Å². The summed E-state index contributed by atoms with van der Waals surface area (Å²) in [5.74, 6) is 2.03. The van der Waals surface area contributed by atoms with Crippen molar-refractivity contribution in [3.05, 3.63) is 53.6 Å². The predicted octanol–water partition coefficient (Wildman–Crippen LogP) is 3.52. The highest BCUT2D eigenvalue weighted by atomic mass is 127. The number of likely N-dealkylation sites (tertiary alicyclic amines) is 1. The predicted molar refractivity (Wildman–Crippen MR) is 128 cm³/mol. The molecule has 3 N–H and O–H groups in total. The van der Waals surface area contributed by atoms with Crippen LogP contribution in [0.15, 0.2) is 47.5 Å². The maximum atomic E-state index is 11.8. The molecule has 0 bridgehead atoms. The molecule has 0 spiro atoms. The quantitative estimate of drug-likeness (QED) is 0.357. The first kappa shape index (κ1) is 22.2. The van der Waals surface area contributed by atoms with Crippen LogP contribution in [0, 0.1) is 0 Å². The third-order valence-corrected chi connectivity index (χ3v) is 4.99. The average Bonchev–Trinajstić information content (AvgIpc) is 2.98. The van der Waals surface area contributed by atoms with Crippen LogP contribution in [0.5, 0.6) is 11.5 Å². The van der Waals surface area contributed by atoms with E-state index in [0.717, 1.165) is 42.0 Å². The molecule has 7 nitrogen and oxygen atoms in total. The third kappa shape index (κ3) is 5.78. The Morgan fingerprint density at radius 1 is 1.07 bits per heavy atom. The molecule has 0 aromatic heterocycles. The number of aliphatic imine (C=N–C) groups is 1. The van der Waals surface area contributed by atoms with E-state index in [1.54, 1.807) is 0 Å². The van der Waals surface area contributed by atoms with Crippen molar-refractivity contribution in [1.29, 1.82) is 0 Å². The number of benzene rings is 2. The van der Waals surface area contributed by atoms with Gasteiger partial charge in [0.05, 0.1) is 19.8 Å². The molecule has 30 heavy (non-hydrogen) atoms. The first-order valence-electron chi connectivity index (χ1n) is 9.99. The summed E-state index contributed by atoms with van der Waals surface area (Å²) in [7, 11) is 0. The van der Waals surface area contributed by atoms with Crippen LogP contribution in [-0.4, -0.2) is 36.5 Å². The summed E-state index contributed by atoms with van der Waals surface area (Å²) < 4.78 is 11.3. The number of hydrogen-bond acceptors (Lipinski definition) is 4. The van der Waals surface area contributed by atoms with Gasteiger partial charge < -0.3 is 25.4 Å². The van der Waals surface area contributed by atoms with Crippen LogP contribution < -0.4 is 20.5 Å². The molecule has 0 atom stereocenters. The number of amides is 1. The van der Waals surface area contributed by atoms with Crippen LogP contribution in [-0.2, 0) is 17.9 Å². The second kappa shape index (κ2) is 10.5. The molecule has 0 aliphatic carbocycles. The summed E-state index contributed by atoms with van der Waals surface area (Å²) in [4.78, 5) is 18.2. The maximum absolute atomic E-state index is 11.8. The van der Waals surface area contributed by atoms with E-state index < -0.39 is 0 Å². The topological polar surface area (TPSA) is 89.2 Å². The van der Waals surface area contributed by atoms with E-state index >= 15 is 0 Å². The second-order valence-electron chi connectivity index (χ2n) is 7.28. The monoisotopic (exact) mass is 522 g/mol. The lowest BCUT2D eigenvalue weighted by molar-refractivity contribution is -0.128. The van der Waals surface area contributed by atoms with Gasteiger partial charge in [-0.3, -0.25) is 4.79 Å². The molecule has 2 aromatic carbocycles. The number of guanidine groups is 1. The molecule has 4 rings (SSSR count). The molecule has 1 amide bonds. The number of rotatable bonds is 5. The van der Waals surface area contributed by atoms with Gasteiger partial charge >= 0.3 is 0 Å². The number of carbonyl (C=O) groups is 1. The van der Waals surface area contributed by atoms with Crippen molar-refractivity contribution < 1.29 is 14.3 Å². The van der Waals surface area contributed by atoms with Crippen molar-refractivity contribution in [2.45, 2.75) is 32.4 Å². The molecule has 0 radical (unpaired) electrons. The Balaban J connectivity index is 0.00000256. The van der Waals surface area contributed by atoms with E-state index in [4.69, 9.17) is 15.2 Å². The largest absolute Gasteiger partial charge is 0.490 e. The SMILES string of the molecule is I.NC(=NCc1cccc(CN2CCCC2=O)c1)Nc1ccc2c(c1)OCCCO2. The molecule has 2 aliphatic heterocycles. The maximum Gasteiger partial charge on any atom is 0.222 e. The fourth-order valence-electron chi connectivity index (χ4n) is 3.52. The van der Waals surface area contributed by atoms with Gasteiger partial charge in [-0.2, -0.15) is 0 Å². The number of ether oxygens (including phenoxy) is 2. The van der Waals surface area contributed by atoms with Crippen molar-refractivity contribution in [3.8, 4) is 11.5 Å². The number of fused-ring (bicyclic) bond motifs is 1. The van der Waals surface area contributed by atoms with Crippen LogP contribution >= 0.6 is 24.0 Å². The van der Waals surface area contributed by atoms with Gasteiger partial charge in [-0.15, -0.1) is 24.0 Å². The van der Waals surface area contributed by atoms with Gasteiger partial charge in [0, 0.05) is 37.7 Å². The highest BCUT2D eigenvalue weighted by Crippen LogP contribution is 2.32. The number of nitrogens with two attached hydrogens (primary N) is 1. The third-order valence-electron chi connectivity index (χ3n) is 4.99. The van der Waals surface area contributed by atoms with Crippen LogP contribution in [0.2, 0.25) is 0 Å². The van der Waals surface area contributed by atoms with Crippen molar-refractivity contribution in [2.24, 2.45) is 10.7 Å². The van der Waals surface area contributed by atoms with Gasteiger partial charge in [-0.25, -0.2) is 4.99 Å². The highest BCUT2D eigenvalue weighted by molar-refractivity contribution is 14.0. The molecule has 0 saturated carbocycles. The lowest BCUT2D eigenvalue weighted by Gasteiger charge is -2.15. The zero-order valence-electron chi connectivity index (χ0n) is 16.8. The second-order valence-corrected chi connectivity index (χ2v) is 7.28. The van der Waals surface area contributed by atoms with E-state index in [-0.39, 0.29) is 29.9 Å². The summed E-state index contributed by atoms with van der Waals surface area (Å²) in [6, 6.07) is 13.8. The molecule has 160 valence electrons. The van der Waals surface area contributed by atoms with E-state index in [0.29, 0.717) is 44.4 Å². The molecule has 1 saturated heterocycles. The number of nitrogens with zero attached hydrogens (tertiary/aromatic N) is 2. The zero-order chi connectivity index (χ0) is 20.1. The van der Waals surface area contributed by atoms with Crippen molar-refractivity contribution in [2.75, 3.05) is 25.1 Å². The average molecular weight is 522 g/mol. The molecular formula is C22H27IN4O3. The van der Waals surface area contributed by atoms with Gasteiger partial charge in [0.15, 0.2) is 17.5 Å². The van der Waals surface area contributed by atoms with Crippen molar-refractivity contribution in [3.63, 3.8) is 0 Å². The molecule has 2 heterocycles. The van der Waals surface area contributed by atoms with Gasteiger partial charge in [0.1, 0.15) is 0 Å². The zero-order valence-corrected chi connectivity index (χ0v) is 19.1. The summed E-state index contributed by atoms with van der Waals surface area (Å²) in [5.41, 5.74) is 9.03. The fourth-order valence-corrected chi connectivity index (χ4v) is 3.52. The minimum Gasteiger partial charge on any atom is -0.490 e. The van der Waals surface area contributed by atoms with E-state index in [1.165, 1.54) is 0 Å². The molecule has 1 fully saturated rings. The first-order valence-corrected chi connectivity index (χ1v) is 9.99. The summed E-state index contributed by atoms with van der Waals surface area (Å²) in [6.07, 6.45) is 2.48. The molecule has 2 aliphatic rings. The molecule has 8 heteroatoms. The van der Waals surface area contributed by atoms with E-state index in [9.17, 15) is 4.79 Å². The number of halogens is 1. The fraction of sp³-hybridized carbons (Fsp3) is 0.364. The Morgan fingerprint density at radius 2 is 1.87 bits per heavy atom. The Bertz CT molecular complexity index is 919. The standard InChI is InChI=1S/C22H26N4O3.HI/c23-22(25-18-7-8-19-20(13-18)29-11-3-10-28-19)24-14-16-4-1-5-17(12-16)15-26-9-2-6-21(26)27;/h1,4-5,7-8,12-13H,2-3,6,9-11,14-15H2,(H3,23,24,25);1H. The molecular weight excluding hydrogens is 495 g/mol. The summed E-state index contributed by atoms with van der Waals surface area (Å²) >= 11 is 0. The minimum absolute atomic E-state index is 0. The lowest BCUT2D eigenvalue weighted by atomic mass is 10.1. The number of nitrogens with one attached hydrogen (secondary N) is 1. The van der Waals surface area contributed by atoms with Gasteiger partial charge in [0.25, 0.3) is 0 Å². The van der Waals surface area contributed by atoms with Crippen molar-refractivity contribution in [1.82, 2.24) is 4.90 Å². The summed E-state index contributed by atoms with van der Waals surface area (Å²) in [6.45, 7) is 3.26. The van der Waals surface area contributed by atoms with Gasteiger partial charge in [-0.1, -0.05) is 24.3 Å². The highest BCUT2D eigenvalue weighted by Gasteiger charge is 2.19. The van der Waals surface area contributed by atoms with E-state index in [1.807, 2.05) is 41.3 Å². The lowest BCUT2D eigenvalue weighted by Crippen LogP contribution is -2.24. The van der Waals surface area contributed by atoms with Gasteiger partial charge in [0.2, 0.25) is 5.91 Å². The van der Waals surface area contributed by atoms with E-state index in [2.05, 4.69) is 16.4 Å². The Morgan fingerprint density at radius 3 is 2.67 bits per heavy atom. The van der Waals surface area contributed by atoms with Crippen LogP contribution in [0.4, 0.5) is 5.69 Å².